The number of aromatic nitrogens is 2. The fourth-order valence-corrected chi connectivity index (χ4v) is 3.61. The van der Waals surface area contributed by atoms with E-state index in [-0.39, 0.29) is 30.4 Å². The first-order valence-corrected chi connectivity index (χ1v) is 9.75. The number of carbonyl (C=O) groups is 1. The second kappa shape index (κ2) is 10.1. The average molecular weight is 409 g/mol. The van der Waals surface area contributed by atoms with Gasteiger partial charge in [0.05, 0.1) is 11.7 Å². The molecule has 0 saturated carbocycles. The van der Waals surface area contributed by atoms with E-state index in [9.17, 15) is 4.79 Å². The molecule has 150 valence electrons. The first kappa shape index (κ1) is 21.0. The highest BCUT2D eigenvalue weighted by atomic mass is 35.5. The van der Waals surface area contributed by atoms with Gasteiger partial charge in [-0.1, -0.05) is 60.7 Å². The summed E-state index contributed by atoms with van der Waals surface area (Å²) in [6.45, 7) is 0.533. The molecular formula is C23H25ClN4O. The molecule has 3 aromatic rings. The second-order valence-corrected chi connectivity index (χ2v) is 7.03. The Labute approximate surface area is 177 Å². The van der Waals surface area contributed by atoms with Gasteiger partial charge < -0.3 is 5.32 Å². The van der Waals surface area contributed by atoms with Gasteiger partial charge in [0, 0.05) is 30.8 Å². The SMILES string of the molecule is Cl.O=C(NCCc1nccc(-c2ccccc2)n1)[C@H]1CC[C@H](c2ccccc2)N1. The summed E-state index contributed by atoms with van der Waals surface area (Å²) < 4.78 is 0. The van der Waals surface area contributed by atoms with Crippen LogP contribution in [0.25, 0.3) is 11.3 Å². The molecule has 2 heterocycles. The molecule has 1 aromatic heterocycles. The van der Waals surface area contributed by atoms with Crippen LogP contribution in [-0.4, -0.2) is 28.5 Å². The number of carbonyl (C=O) groups excluding carboxylic acids is 1. The van der Waals surface area contributed by atoms with Crippen LogP contribution in [0.5, 0.6) is 0 Å². The lowest BCUT2D eigenvalue weighted by molar-refractivity contribution is -0.122. The van der Waals surface area contributed by atoms with E-state index in [0.717, 1.165) is 29.9 Å². The van der Waals surface area contributed by atoms with Gasteiger partial charge in [-0.2, -0.15) is 0 Å². The van der Waals surface area contributed by atoms with Crippen LogP contribution in [0.2, 0.25) is 0 Å². The predicted molar refractivity (Wildman–Crippen MR) is 117 cm³/mol. The predicted octanol–water partition coefficient (Wildman–Crippen LogP) is 3.72. The van der Waals surface area contributed by atoms with Crippen LogP contribution < -0.4 is 10.6 Å². The van der Waals surface area contributed by atoms with Gasteiger partial charge >= 0.3 is 0 Å². The number of nitrogens with zero attached hydrogens (tertiary/aromatic N) is 2. The van der Waals surface area contributed by atoms with Crippen LogP contribution in [0.4, 0.5) is 0 Å². The van der Waals surface area contributed by atoms with Crippen LogP contribution >= 0.6 is 12.4 Å². The normalized spacial score (nSPS) is 18.1. The van der Waals surface area contributed by atoms with Gasteiger partial charge in [0.1, 0.15) is 5.82 Å². The van der Waals surface area contributed by atoms with Gasteiger partial charge in [-0.3, -0.25) is 10.1 Å². The summed E-state index contributed by atoms with van der Waals surface area (Å²) in [5, 5.41) is 6.47. The van der Waals surface area contributed by atoms with E-state index in [4.69, 9.17) is 0 Å². The van der Waals surface area contributed by atoms with Gasteiger partial charge in [-0.05, 0) is 24.5 Å². The molecule has 2 N–H and O–H groups in total. The first-order valence-electron chi connectivity index (χ1n) is 9.75. The van der Waals surface area contributed by atoms with E-state index < -0.39 is 0 Å². The summed E-state index contributed by atoms with van der Waals surface area (Å²) in [5.41, 5.74) is 3.21. The van der Waals surface area contributed by atoms with Crippen molar-refractivity contribution in [3.05, 3.63) is 84.3 Å². The molecule has 0 aliphatic carbocycles. The lowest BCUT2D eigenvalue weighted by Gasteiger charge is -2.14. The molecule has 1 fully saturated rings. The van der Waals surface area contributed by atoms with Crippen molar-refractivity contribution >= 4 is 18.3 Å². The minimum Gasteiger partial charge on any atom is -0.354 e. The van der Waals surface area contributed by atoms with E-state index in [2.05, 4.69) is 32.7 Å². The molecule has 1 saturated heterocycles. The zero-order valence-corrected chi connectivity index (χ0v) is 16.9. The standard InChI is InChI=1S/C23H24N4O.ClH/c28-23(21-12-11-19(26-21)17-7-3-1-4-8-17)25-16-14-22-24-15-13-20(27-22)18-9-5-2-6-10-18;/h1-10,13,15,19,21,26H,11-12,14,16H2,(H,25,28);1H/t19-,21-;/m1./s1. The highest BCUT2D eigenvalue weighted by Crippen LogP contribution is 2.26. The first-order chi connectivity index (χ1) is 13.8. The number of amides is 1. The third kappa shape index (κ3) is 5.40. The van der Waals surface area contributed by atoms with Gasteiger partial charge in [0.15, 0.2) is 0 Å². The third-order valence-electron chi connectivity index (χ3n) is 5.09. The van der Waals surface area contributed by atoms with Crippen molar-refractivity contribution in [2.45, 2.75) is 31.3 Å². The molecule has 5 nitrogen and oxygen atoms in total. The Bertz CT molecular complexity index is 920. The molecule has 0 bridgehead atoms. The zero-order valence-electron chi connectivity index (χ0n) is 16.1. The molecule has 0 radical (unpaired) electrons. The number of nitrogens with one attached hydrogen (secondary N) is 2. The summed E-state index contributed by atoms with van der Waals surface area (Å²) in [7, 11) is 0. The highest BCUT2D eigenvalue weighted by Gasteiger charge is 2.29. The van der Waals surface area contributed by atoms with Crippen molar-refractivity contribution in [2.24, 2.45) is 0 Å². The van der Waals surface area contributed by atoms with Crippen molar-refractivity contribution in [1.29, 1.82) is 0 Å². The smallest absolute Gasteiger partial charge is 0.237 e. The van der Waals surface area contributed by atoms with E-state index >= 15 is 0 Å². The molecule has 1 aliphatic heterocycles. The monoisotopic (exact) mass is 408 g/mol. The molecule has 0 unspecified atom stereocenters. The van der Waals surface area contributed by atoms with Gasteiger partial charge in [0.2, 0.25) is 5.91 Å². The Morgan fingerprint density at radius 1 is 1.00 bits per heavy atom. The Morgan fingerprint density at radius 3 is 2.48 bits per heavy atom. The molecule has 1 amide bonds. The Balaban J connectivity index is 0.00000240. The fourth-order valence-electron chi connectivity index (χ4n) is 3.61. The maximum Gasteiger partial charge on any atom is 0.237 e. The molecule has 6 heteroatoms. The van der Waals surface area contributed by atoms with Crippen molar-refractivity contribution in [3.8, 4) is 11.3 Å². The number of benzene rings is 2. The Hall–Kier alpha value is -2.76. The number of halogens is 1. The maximum absolute atomic E-state index is 12.5. The van der Waals surface area contributed by atoms with E-state index in [1.807, 2.05) is 54.6 Å². The zero-order chi connectivity index (χ0) is 19.2. The van der Waals surface area contributed by atoms with Crippen molar-refractivity contribution in [2.75, 3.05) is 6.54 Å². The lowest BCUT2D eigenvalue weighted by Crippen LogP contribution is -2.41. The average Bonchev–Trinajstić information content (AvgIpc) is 3.26. The quantitative estimate of drug-likeness (QED) is 0.652. The minimum atomic E-state index is -0.137. The topological polar surface area (TPSA) is 66.9 Å². The maximum atomic E-state index is 12.5. The molecule has 1 aliphatic rings. The molecule has 29 heavy (non-hydrogen) atoms. The summed E-state index contributed by atoms with van der Waals surface area (Å²) >= 11 is 0. The number of hydrogen-bond acceptors (Lipinski definition) is 4. The fraction of sp³-hybridized carbons (Fsp3) is 0.261. The van der Waals surface area contributed by atoms with E-state index in [1.54, 1.807) is 6.20 Å². The summed E-state index contributed by atoms with van der Waals surface area (Å²) in [5.74, 6) is 0.792. The van der Waals surface area contributed by atoms with E-state index in [0.29, 0.717) is 13.0 Å². The Kier molecular flexibility index (Phi) is 7.33. The summed E-state index contributed by atoms with van der Waals surface area (Å²) in [6.07, 6.45) is 4.21. The molecule has 0 spiro atoms. The van der Waals surface area contributed by atoms with Gasteiger partial charge in [-0.15, -0.1) is 12.4 Å². The van der Waals surface area contributed by atoms with Crippen LogP contribution in [-0.2, 0) is 11.2 Å². The second-order valence-electron chi connectivity index (χ2n) is 7.03. The van der Waals surface area contributed by atoms with Gasteiger partial charge in [0.25, 0.3) is 0 Å². The minimum absolute atomic E-state index is 0. The number of rotatable bonds is 6. The molecular weight excluding hydrogens is 384 g/mol. The molecule has 4 rings (SSSR count). The van der Waals surface area contributed by atoms with Gasteiger partial charge in [-0.25, -0.2) is 9.97 Å². The van der Waals surface area contributed by atoms with Crippen LogP contribution in [0, 0.1) is 0 Å². The van der Waals surface area contributed by atoms with Crippen LogP contribution in [0.3, 0.4) is 0 Å². The Morgan fingerprint density at radius 2 is 1.72 bits per heavy atom. The summed E-state index contributed by atoms with van der Waals surface area (Å²) in [4.78, 5) is 21.4. The van der Waals surface area contributed by atoms with E-state index in [1.165, 1.54) is 5.56 Å². The molecule has 2 aromatic carbocycles. The summed E-state index contributed by atoms with van der Waals surface area (Å²) in [6, 6.07) is 22.4. The largest absolute Gasteiger partial charge is 0.354 e. The highest BCUT2D eigenvalue weighted by molar-refractivity contribution is 5.85. The molecule has 2 atom stereocenters. The van der Waals surface area contributed by atoms with Crippen molar-refractivity contribution < 1.29 is 4.79 Å². The van der Waals surface area contributed by atoms with Crippen molar-refractivity contribution in [1.82, 2.24) is 20.6 Å². The third-order valence-corrected chi connectivity index (χ3v) is 5.09. The lowest BCUT2D eigenvalue weighted by atomic mass is 10.1. The van der Waals surface area contributed by atoms with Crippen molar-refractivity contribution in [3.63, 3.8) is 0 Å². The van der Waals surface area contributed by atoms with Crippen LogP contribution in [0.1, 0.15) is 30.3 Å². The number of hydrogen-bond donors (Lipinski definition) is 2. The van der Waals surface area contributed by atoms with Crippen LogP contribution in [0.15, 0.2) is 72.9 Å².